The molecule has 0 aromatic carbocycles. The minimum absolute atomic E-state index is 0.391. The van der Waals surface area contributed by atoms with Crippen molar-refractivity contribution in [3.63, 3.8) is 0 Å². The van der Waals surface area contributed by atoms with Crippen LogP contribution in [0.4, 0.5) is 0 Å². The number of hydrogen-bond donors (Lipinski definition) is 0. The highest BCUT2D eigenvalue weighted by molar-refractivity contribution is 7.08. The van der Waals surface area contributed by atoms with Gasteiger partial charge in [0.1, 0.15) is 5.84 Å². The molecule has 1 aliphatic heterocycles. The van der Waals surface area contributed by atoms with E-state index in [2.05, 4.69) is 16.0 Å². The molecule has 1 aliphatic rings. The van der Waals surface area contributed by atoms with Gasteiger partial charge in [-0.3, -0.25) is 4.99 Å². The Labute approximate surface area is 97.6 Å². The van der Waals surface area contributed by atoms with Crippen molar-refractivity contribution in [2.45, 2.75) is 13.0 Å². The fourth-order valence-electron chi connectivity index (χ4n) is 1.56. The molecule has 0 amide bonds. The summed E-state index contributed by atoms with van der Waals surface area (Å²) in [6.07, 6.45) is 0.391. The Morgan fingerprint density at radius 2 is 2.47 bits per heavy atom. The number of amidine groups is 1. The average molecular weight is 240 g/mol. The van der Waals surface area contributed by atoms with E-state index in [0.717, 1.165) is 36.1 Å². The van der Waals surface area contributed by atoms with E-state index in [9.17, 15) is 0 Å². The van der Waals surface area contributed by atoms with Crippen LogP contribution >= 0.6 is 22.9 Å². The van der Waals surface area contributed by atoms with E-state index in [1.165, 1.54) is 0 Å². The van der Waals surface area contributed by atoms with Gasteiger partial charge < -0.3 is 4.90 Å². The van der Waals surface area contributed by atoms with Crippen LogP contribution in [-0.4, -0.2) is 23.8 Å². The molecule has 0 saturated carbocycles. The minimum Gasteiger partial charge on any atom is -0.353 e. The van der Waals surface area contributed by atoms with E-state index < -0.39 is 0 Å². The van der Waals surface area contributed by atoms with Gasteiger partial charge in [0.05, 0.1) is 24.1 Å². The first-order chi connectivity index (χ1) is 7.31. The molecule has 1 aromatic heterocycles. The first-order valence-electron chi connectivity index (χ1n) is 4.67. The topological polar surface area (TPSA) is 39.4 Å². The molecule has 15 heavy (non-hydrogen) atoms. The van der Waals surface area contributed by atoms with Gasteiger partial charge in [0.25, 0.3) is 0 Å². The van der Waals surface area contributed by atoms with Crippen molar-refractivity contribution in [3.05, 3.63) is 21.3 Å². The Bertz CT molecular complexity index is 419. The van der Waals surface area contributed by atoms with Gasteiger partial charge in [-0.25, -0.2) is 0 Å². The van der Waals surface area contributed by atoms with Gasteiger partial charge in [0.15, 0.2) is 0 Å². The maximum Gasteiger partial charge on any atom is 0.114 e. The summed E-state index contributed by atoms with van der Waals surface area (Å²) in [7, 11) is 0. The lowest BCUT2D eigenvalue weighted by Gasteiger charge is -2.18. The van der Waals surface area contributed by atoms with Crippen molar-refractivity contribution in [1.82, 2.24) is 4.90 Å². The van der Waals surface area contributed by atoms with Crippen LogP contribution in [0, 0.1) is 11.3 Å². The highest BCUT2D eigenvalue weighted by Crippen LogP contribution is 2.23. The van der Waals surface area contributed by atoms with E-state index in [-0.39, 0.29) is 0 Å². The summed E-state index contributed by atoms with van der Waals surface area (Å²) in [5.41, 5.74) is 1.12. The van der Waals surface area contributed by atoms with E-state index in [0.29, 0.717) is 6.42 Å². The summed E-state index contributed by atoms with van der Waals surface area (Å²) in [5, 5.41) is 13.4. The summed E-state index contributed by atoms with van der Waals surface area (Å²) in [6.45, 7) is 2.45. The maximum absolute atomic E-state index is 8.64. The Morgan fingerprint density at radius 3 is 3.13 bits per heavy atom. The number of nitrogens with zero attached hydrogens (tertiary/aromatic N) is 3. The summed E-state index contributed by atoms with van der Waals surface area (Å²) >= 11 is 7.62. The molecule has 0 saturated heterocycles. The zero-order chi connectivity index (χ0) is 10.7. The number of rotatable bonds is 3. The van der Waals surface area contributed by atoms with Crippen molar-refractivity contribution < 1.29 is 0 Å². The predicted octanol–water partition coefficient (Wildman–Crippen LogP) is 2.53. The lowest BCUT2D eigenvalue weighted by atomic mass is 10.3. The highest BCUT2D eigenvalue weighted by Gasteiger charge is 2.17. The Kier molecular flexibility index (Phi) is 3.24. The van der Waals surface area contributed by atoms with Crippen LogP contribution in [0.1, 0.15) is 12.0 Å². The quantitative estimate of drug-likeness (QED) is 0.813. The molecule has 0 atom stereocenters. The average Bonchev–Trinajstić information content (AvgIpc) is 2.80. The molecule has 0 N–H and O–H groups in total. The number of hydrogen-bond acceptors (Lipinski definition) is 4. The molecular weight excluding hydrogens is 230 g/mol. The summed E-state index contributed by atoms with van der Waals surface area (Å²) in [4.78, 5) is 6.42. The van der Waals surface area contributed by atoms with Gasteiger partial charge in [0, 0.05) is 24.0 Å². The smallest absolute Gasteiger partial charge is 0.114 e. The molecule has 1 aromatic rings. The Hall–Kier alpha value is -1.05. The van der Waals surface area contributed by atoms with Crippen molar-refractivity contribution in [3.8, 4) is 6.07 Å². The maximum atomic E-state index is 8.64. The third kappa shape index (κ3) is 2.31. The van der Waals surface area contributed by atoms with Gasteiger partial charge in [-0.2, -0.15) is 16.6 Å². The number of nitriles is 1. The number of halogens is 1. The van der Waals surface area contributed by atoms with Crippen molar-refractivity contribution >= 4 is 28.8 Å². The highest BCUT2D eigenvalue weighted by atomic mass is 35.5. The molecule has 3 nitrogen and oxygen atoms in total. The SMILES string of the molecule is N#CCC1=NCCN1Cc1cscc1Cl. The lowest BCUT2D eigenvalue weighted by molar-refractivity contribution is 0.448. The molecular formula is C10H10ClN3S. The van der Waals surface area contributed by atoms with E-state index in [1.54, 1.807) is 11.3 Å². The minimum atomic E-state index is 0.391. The first kappa shape index (κ1) is 10.5. The molecule has 0 aliphatic carbocycles. The second kappa shape index (κ2) is 4.65. The second-order valence-electron chi connectivity index (χ2n) is 3.30. The van der Waals surface area contributed by atoms with E-state index in [4.69, 9.17) is 16.9 Å². The Balaban J connectivity index is 2.05. The largest absolute Gasteiger partial charge is 0.353 e. The molecule has 0 bridgehead atoms. The predicted molar refractivity (Wildman–Crippen MR) is 62.3 cm³/mol. The molecule has 0 spiro atoms. The second-order valence-corrected chi connectivity index (χ2v) is 4.45. The summed E-state index contributed by atoms with van der Waals surface area (Å²) < 4.78 is 0. The lowest BCUT2D eigenvalue weighted by Crippen LogP contribution is -2.26. The molecule has 0 radical (unpaired) electrons. The van der Waals surface area contributed by atoms with Crippen LogP contribution in [0.15, 0.2) is 15.8 Å². The molecule has 0 unspecified atom stereocenters. The van der Waals surface area contributed by atoms with Gasteiger partial charge in [-0.1, -0.05) is 11.6 Å². The fourth-order valence-corrected chi connectivity index (χ4v) is 2.60. The first-order valence-corrected chi connectivity index (χ1v) is 5.99. The van der Waals surface area contributed by atoms with Crippen LogP contribution in [-0.2, 0) is 6.54 Å². The van der Waals surface area contributed by atoms with E-state index >= 15 is 0 Å². The van der Waals surface area contributed by atoms with Crippen LogP contribution < -0.4 is 0 Å². The van der Waals surface area contributed by atoms with Crippen LogP contribution in [0.5, 0.6) is 0 Å². The summed E-state index contributed by atoms with van der Waals surface area (Å²) in [5.74, 6) is 0.889. The third-order valence-electron chi connectivity index (χ3n) is 2.32. The fraction of sp³-hybridized carbons (Fsp3) is 0.400. The normalized spacial score (nSPS) is 15.2. The van der Waals surface area contributed by atoms with Crippen molar-refractivity contribution in [2.24, 2.45) is 4.99 Å². The zero-order valence-electron chi connectivity index (χ0n) is 8.11. The van der Waals surface area contributed by atoms with Crippen LogP contribution in [0.3, 0.4) is 0 Å². The standard InChI is InChI=1S/C10H10ClN3S/c11-9-7-15-6-8(9)5-14-4-3-13-10(14)1-2-12/h6-7H,1,3-5H2. The molecule has 78 valence electrons. The third-order valence-corrected chi connectivity index (χ3v) is 3.59. The van der Waals surface area contributed by atoms with Crippen LogP contribution in [0.2, 0.25) is 5.02 Å². The van der Waals surface area contributed by atoms with Gasteiger partial charge in [0.2, 0.25) is 0 Å². The van der Waals surface area contributed by atoms with Gasteiger partial charge in [-0.15, -0.1) is 0 Å². The molecule has 5 heteroatoms. The molecule has 2 heterocycles. The zero-order valence-corrected chi connectivity index (χ0v) is 9.68. The van der Waals surface area contributed by atoms with Crippen molar-refractivity contribution in [1.29, 1.82) is 5.26 Å². The van der Waals surface area contributed by atoms with E-state index in [1.807, 2.05) is 10.8 Å². The number of thiophene rings is 1. The summed E-state index contributed by atoms with van der Waals surface area (Å²) in [6, 6.07) is 2.13. The monoisotopic (exact) mass is 239 g/mol. The Morgan fingerprint density at radius 1 is 1.60 bits per heavy atom. The van der Waals surface area contributed by atoms with Gasteiger partial charge >= 0.3 is 0 Å². The van der Waals surface area contributed by atoms with Crippen LogP contribution in [0.25, 0.3) is 0 Å². The molecule has 0 fully saturated rings. The van der Waals surface area contributed by atoms with Crippen molar-refractivity contribution in [2.75, 3.05) is 13.1 Å². The number of aliphatic imine (C=N–C) groups is 1. The molecule has 2 rings (SSSR count). The van der Waals surface area contributed by atoms with Gasteiger partial charge in [-0.05, 0) is 5.38 Å².